The van der Waals surface area contributed by atoms with Crippen molar-refractivity contribution in [3.05, 3.63) is 35.4 Å². The number of aliphatic hydroxyl groups excluding tert-OH is 1. The van der Waals surface area contributed by atoms with Gasteiger partial charge in [-0.3, -0.25) is 0 Å². The maximum Gasteiger partial charge on any atom is 0.0699 e. The van der Waals surface area contributed by atoms with Crippen LogP contribution in [0, 0.1) is 6.92 Å². The largest absolute Gasteiger partial charge is 0.392 e. The normalized spacial score (nSPS) is 23.0. The minimum absolute atomic E-state index is 0.174. The lowest BCUT2D eigenvalue weighted by molar-refractivity contribution is 0.166. The molecule has 1 aromatic rings. The molecule has 0 bridgehead atoms. The molecule has 0 aliphatic carbocycles. The van der Waals surface area contributed by atoms with Crippen LogP contribution in [0.1, 0.15) is 30.4 Å². The van der Waals surface area contributed by atoms with Crippen molar-refractivity contribution >= 4 is 11.8 Å². The van der Waals surface area contributed by atoms with Gasteiger partial charge in [-0.2, -0.15) is 11.8 Å². The molecule has 1 N–H and O–H groups in total. The lowest BCUT2D eigenvalue weighted by Gasteiger charge is -2.26. The second-order valence-electron chi connectivity index (χ2n) is 4.67. The van der Waals surface area contributed by atoms with Gasteiger partial charge in [0, 0.05) is 5.25 Å². The Kier molecular flexibility index (Phi) is 4.30. The van der Waals surface area contributed by atoms with Crippen molar-refractivity contribution in [1.82, 2.24) is 0 Å². The van der Waals surface area contributed by atoms with Gasteiger partial charge in [0.05, 0.1) is 6.10 Å². The zero-order valence-electron chi connectivity index (χ0n) is 9.86. The predicted molar refractivity (Wildman–Crippen MR) is 71.0 cm³/mol. The number of thioether (sulfide) groups is 1. The lowest BCUT2D eigenvalue weighted by atomic mass is 10.0. The Labute approximate surface area is 102 Å². The highest BCUT2D eigenvalue weighted by atomic mass is 32.2. The highest BCUT2D eigenvalue weighted by Gasteiger charge is 2.22. The molecule has 2 heteroatoms. The van der Waals surface area contributed by atoms with Gasteiger partial charge in [-0.25, -0.2) is 0 Å². The van der Waals surface area contributed by atoms with Crippen LogP contribution in [0.5, 0.6) is 0 Å². The summed E-state index contributed by atoms with van der Waals surface area (Å²) in [4.78, 5) is 0. The molecule has 1 aliphatic rings. The quantitative estimate of drug-likeness (QED) is 0.870. The summed E-state index contributed by atoms with van der Waals surface area (Å²) in [5.74, 6) is 1.22. The molecule has 1 aliphatic heterocycles. The molecule has 0 radical (unpaired) electrons. The first-order valence-corrected chi connectivity index (χ1v) is 7.16. The molecular formula is C14H20OS. The van der Waals surface area contributed by atoms with Gasteiger partial charge >= 0.3 is 0 Å². The maximum atomic E-state index is 10.2. The fourth-order valence-electron chi connectivity index (χ4n) is 2.28. The molecular weight excluding hydrogens is 216 g/mol. The molecule has 0 aromatic heterocycles. The summed E-state index contributed by atoms with van der Waals surface area (Å²) in [6, 6.07) is 8.47. The van der Waals surface area contributed by atoms with Crippen LogP contribution >= 0.6 is 11.8 Å². The van der Waals surface area contributed by atoms with E-state index in [2.05, 4.69) is 31.2 Å². The molecule has 1 aromatic carbocycles. The van der Waals surface area contributed by atoms with Crippen LogP contribution in [0.2, 0.25) is 0 Å². The number of hydrogen-bond donors (Lipinski definition) is 1. The van der Waals surface area contributed by atoms with E-state index < -0.39 is 0 Å². The molecule has 1 heterocycles. The third-order valence-corrected chi connectivity index (χ3v) is 4.67. The van der Waals surface area contributed by atoms with Crippen molar-refractivity contribution in [2.45, 2.75) is 44.0 Å². The van der Waals surface area contributed by atoms with E-state index in [1.54, 1.807) is 0 Å². The fourth-order valence-corrected chi connectivity index (χ4v) is 3.61. The molecule has 1 nitrogen and oxygen atoms in total. The molecule has 88 valence electrons. The van der Waals surface area contributed by atoms with Crippen molar-refractivity contribution in [2.24, 2.45) is 0 Å². The number of hydrogen-bond acceptors (Lipinski definition) is 2. The van der Waals surface area contributed by atoms with Crippen LogP contribution in [-0.4, -0.2) is 22.2 Å². The topological polar surface area (TPSA) is 20.2 Å². The average Bonchev–Trinajstić information content (AvgIpc) is 2.30. The van der Waals surface area contributed by atoms with E-state index in [9.17, 15) is 5.11 Å². The molecule has 16 heavy (non-hydrogen) atoms. The van der Waals surface area contributed by atoms with Crippen molar-refractivity contribution in [3.63, 3.8) is 0 Å². The molecule has 1 saturated heterocycles. The zero-order valence-corrected chi connectivity index (χ0v) is 10.7. The SMILES string of the molecule is Cc1cccc(CC(O)C2CCCCS2)c1. The van der Waals surface area contributed by atoms with E-state index in [1.807, 2.05) is 11.8 Å². The van der Waals surface area contributed by atoms with Crippen LogP contribution in [0.3, 0.4) is 0 Å². The number of aliphatic hydroxyl groups is 1. The first-order chi connectivity index (χ1) is 7.75. The summed E-state index contributed by atoms with van der Waals surface area (Å²) in [6.45, 7) is 2.10. The van der Waals surface area contributed by atoms with E-state index in [-0.39, 0.29) is 6.10 Å². The summed E-state index contributed by atoms with van der Waals surface area (Å²) in [5, 5.41) is 10.7. The van der Waals surface area contributed by atoms with E-state index in [4.69, 9.17) is 0 Å². The second kappa shape index (κ2) is 5.74. The second-order valence-corrected chi connectivity index (χ2v) is 6.01. The zero-order chi connectivity index (χ0) is 11.4. The van der Waals surface area contributed by atoms with Crippen molar-refractivity contribution < 1.29 is 5.11 Å². The number of benzene rings is 1. The van der Waals surface area contributed by atoms with Crippen molar-refractivity contribution in [1.29, 1.82) is 0 Å². The Morgan fingerprint density at radius 2 is 2.31 bits per heavy atom. The number of rotatable bonds is 3. The van der Waals surface area contributed by atoms with Crippen LogP contribution in [-0.2, 0) is 6.42 Å². The van der Waals surface area contributed by atoms with Crippen LogP contribution in [0.15, 0.2) is 24.3 Å². The summed E-state index contributed by atoms with van der Waals surface area (Å²) in [7, 11) is 0. The van der Waals surface area contributed by atoms with E-state index in [1.165, 1.54) is 36.1 Å². The monoisotopic (exact) mass is 236 g/mol. The highest BCUT2D eigenvalue weighted by molar-refractivity contribution is 8.00. The lowest BCUT2D eigenvalue weighted by Crippen LogP contribution is -2.27. The van der Waals surface area contributed by atoms with Crippen LogP contribution < -0.4 is 0 Å². The standard InChI is InChI=1S/C14H20OS/c1-11-5-4-6-12(9-11)10-13(15)14-7-2-3-8-16-14/h4-6,9,13-15H,2-3,7-8,10H2,1H3. The fraction of sp³-hybridized carbons (Fsp3) is 0.571. The van der Waals surface area contributed by atoms with Gasteiger partial charge in [0.25, 0.3) is 0 Å². The summed E-state index contributed by atoms with van der Waals surface area (Å²) < 4.78 is 0. The van der Waals surface area contributed by atoms with E-state index in [0.717, 1.165) is 6.42 Å². The summed E-state index contributed by atoms with van der Waals surface area (Å²) >= 11 is 1.94. The molecule has 0 spiro atoms. The van der Waals surface area contributed by atoms with Crippen molar-refractivity contribution in [2.75, 3.05) is 5.75 Å². The minimum atomic E-state index is -0.174. The summed E-state index contributed by atoms with van der Waals surface area (Å²) in [5.41, 5.74) is 2.54. The van der Waals surface area contributed by atoms with Crippen LogP contribution in [0.25, 0.3) is 0 Å². The average molecular weight is 236 g/mol. The maximum absolute atomic E-state index is 10.2. The molecule has 2 atom stereocenters. The Morgan fingerprint density at radius 3 is 3.00 bits per heavy atom. The number of aryl methyl sites for hydroxylation is 1. The Hall–Kier alpha value is -0.470. The smallest absolute Gasteiger partial charge is 0.0699 e. The van der Waals surface area contributed by atoms with Gasteiger partial charge in [-0.15, -0.1) is 0 Å². The Bertz CT molecular complexity index is 331. The predicted octanol–water partition coefficient (Wildman–Crippen LogP) is 3.18. The first-order valence-electron chi connectivity index (χ1n) is 6.11. The molecule has 0 saturated carbocycles. The van der Waals surface area contributed by atoms with Crippen molar-refractivity contribution in [3.8, 4) is 0 Å². The van der Waals surface area contributed by atoms with Gasteiger partial charge in [0.15, 0.2) is 0 Å². The van der Waals surface area contributed by atoms with Crippen LogP contribution in [0.4, 0.5) is 0 Å². The van der Waals surface area contributed by atoms with Gasteiger partial charge in [0.1, 0.15) is 0 Å². The summed E-state index contributed by atoms with van der Waals surface area (Å²) in [6.07, 6.45) is 4.41. The van der Waals surface area contributed by atoms with Gasteiger partial charge in [0.2, 0.25) is 0 Å². The molecule has 2 rings (SSSR count). The third kappa shape index (κ3) is 3.26. The van der Waals surface area contributed by atoms with Gasteiger partial charge in [-0.1, -0.05) is 36.2 Å². The molecule has 2 unspecified atom stereocenters. The first kappa shape index (κ1) is 12.0. The van der Waals surface area contributed by atoms with Gasteiger partial charge in [-0.05, 0) is 37.5 Å². The van der Waals surface area contributed by atoms with E-state index >= 15 is 0 Å². The third-order valence-electron chi connectivity index (χ3n) is 3.17. The molecule has 1 fully saturated rings. The minimum Gasteiger partial charge on any atom is -0.392 e. The van der Waals surface area contributed by atoms with E-state index in [0.29, 0.717) is 5.25 Å². The molecule has 0 amide bonds. The highest BCUT2D eigenvalue weighted by Crippen LogP contribution is 2.28. The Balaban J connectivity index is 1.93. The van der Waals surface area contributed by atoms with Gasteiger partial charge < -0.3 is 5.11 Å². The Morgan fingerprint density at radius 1 is 1.44 bits per heavy atom.